The van der Waals surface area contributed by atoms with Crippen LogP contribution in [0.15, 0.2) is 12.3 Å². The van der Waals surface area contributed by atoms with Gasteiger partial charge in [-0.15, -0.1) is 0 Å². The number of anilines is 1. The Morgan fingerprint density at radius 2 is 2.05 bits per heavy atom. The number of ether oxygens (including phenoxy) is 1. The molecule has 0 spiro atoms. The lowest BCUT2D eigenvalue weighted by Crippen LogP contribution is -2.20. The topological polar surface area (TPSA) is 57.2 Å². The lowest BCUT2D eigenvalue weighted by atomic mass is 10.1. The molecule has 1 fully saturated rings. The summed E-state index contributed by atoms with van der Waals surface area (Å²) in [6.07, 6.45) is 9.70. The Bertz CT molecular complexity index is 418. The first-order valence-electron chi connectivity index (χ1n) is 7.37. The van der Waals surface area contributed by atoms with Crippen LogP contribution in [-0.2, 0) is 11.3 Å². The number of nitrogens with two attached hydrogens (primary N) is 1. The van der Waals surface area contributed by atoms with Gasteiger partial charge in [-0.25, -0.2) is 4.79 Å². The smallest absolute Gasteiger partial charge is 0.355 e. The van der Waals surface area contributed by atoms with Crippen molar-refractivity contribution in [2.24, 2.45) is 0 Å². The van der Waals surface area contributed by atoms with Crippen LogP contribution in [0.5, 0.6) is 0 Å². The molecule has 1 heterocycles. The number of aryl methyl sites for hydroxylation is 1. The molecule has 2 rings (SSSR count). The molecular formula is C15H24N2O2. The van der Waals surface area contributed by atoms with Crippen LogP contribution in [0.4, 0.5) is 5.69 Å². The Labute approximate surface area is 114 Å². The van der Waals surface area contributed by atoms with Crippen molar-refractivity contribution in [1.29, 1.82) is 0 Å². The fourth-order valence-corrected chi connectivity index (χ4v) is 2.70. The summed E-state index contributed by atoms with van der Waals surface area (Å²) >= 11 is 0. The highest BCUT2D eigenvalue weighted by Crippen LogP contribution is 2.22. The molecule has 0 aliphatic heterocycles. The first-order chi connectivity index (χ1) is 9.20. The minimum absolute atomic E-state index is 0.0844. The van der Waals surface area contributed by atoms with Gasteiger partial charge in [-0.2, -0.15) is 0 Å². The standard InChI is InChI=1S/C15H24N2O2/c1-2-9-17-11-12(16)10-14(17)15(18)19-13-7-5-3-4-6-8-13/h10-11,13H,2-9,16H2,1H3. The molecule has 106 valence electrons. The van der Waals surface area contributed by atoms with E-state index in [0.29, 0.717) is 11.4 Å². The minimum atomic E-state index is -0.225. The van der Waals surface area contributed by atoms with Crippen molar-refractivity contribution in [3.05, 3.63) is 18.0 Å². The molecule has 1 aliphatic rings. The summed E-state index contributed by atoms with van der Waals surface area (Å²) in [5.41, 5.74) is 6.99. The molecule has 0 saturated heterocycles. The summed E-state index contributed by atoms with van der Waals surface area (Å²) in [5.74, 6) is -0.225. The maximum atomic E-state index is 12.2. The Hall–Kier alpha value is -1.45. The molecule has 0 atom stereocenters. The van der Waals surface area contributed by atoms with Gasteiger partial charge in [0.25, 0.3) is 0 Å². The molecule has 1 aromatic rings. The first-order valence-corrected chi connectivity index (χ1v) is 7.37. The molecule has 19 heavy (non-hydrogen) atoms. The van der Waals surface area contributed by atoms with Crippen molar-refractivity contribution in [2.45, 2.75) is 64.5 Å². The zero-order valence-electron chi connectivity index (χ0n) is 11.7. The number of hydrogen-bond acceptors (Lipinski definition) is 3. The van der Waals surface area contributed by atoms with E-state index < -0.39 is 0 Å². The third-order valence-electron chi connectivity index (χ3n) is 3.67. The van der Waals surface area contributed by atoms with E-state index in [2.05, 4.69) is 6.92 Å². The molecule has 1 saturated carbocycles. The van der Waals surface area contributed by atoms with Crippen LogP contribution in [0.3, 0.4) is 0 Å². The molecule has 2 N–H and O–H groups in total. The Morgan fingerprint density at radius 3 is 2.68 bits per heavy atom. The Balaban J connectivity index is 2.02. The molecular weight excluding hydrogens is 240 g/mol. The summed E-state index contributed by atoms with van der Waals surface area (Å²) in [6.45, 7) is 2.88. The van der Waals surface area contributed by atoms with Gasteiger partial charge < -0.3 is 15.0 Å². The highest BCUT2D eigenvalue weighted by atomic mass is 16.5. The van der Waals surface area contributed by atoms with Gasteiger partial charge in [0.15, 0.2) is 0 Å². The van der Waals surface area contributed by atoms with Crippen molar-refractivity contribution >= 4 is 11.7 Å². The molecule has 1 aromatic heterocycles. The van der Waals surface area contributed by atoms with E-state index in [-0.39, 0.29) is 12.1 Å². The molecule has 4 nitrogen and oxygen atoms in total. The van der Waals surface area contributed by atoms with Crippen LogP contribution >= 0.6 is 0 Å². The number of rotatable bonds is 4. The van der Waals surface area contributed by atoms with Gasteiger partial charge in [0.05, 0.1) is 5.69 Å². The first kappa shape index (κ1) is 14.0. The van der Waals surface area contributed by atoms with Gasteiger partial charge >= 0.3 is 5.97 Å². The summed E-state index contributed by atoms with van der Waals surface area (Å²) in [5, 5.41) is 0. The van der Waals surface area contributed by atoms with E-state index >= 15 is 0 Å². The third kappa shape index (κ3) is 3.75. The molecule has 0 amide bonds. The highest BCUT2D eigenvalue weighted by molar-refractivity contribution is 5.89. The lowest BCUT2D eigenvalue weighted by Gasteiger charge is -2.16. The van der Waals surface area contributed by atoms with E-state index in [1.807, 2.05) is 10.8 Å². The zero-order valence-corrected chi connectivity index (χ0v) is 11.7. The lowest BCUT2D eigenvalue weighted by molar-refractivity contribution is 0.0255. The van der Waals surface area contributed by atoms with Gasteiger partial charge in [-0.05, 0) is 38.2 Å². The van der Waals surface area contributed by atoms with E-state index in [0.717, 1.165) is 38.6 Å². The number of hydrogen-bond donors (Lipinski definition) is 1. The summed E-state index contributed by atoms with van der Waals surface area (Å²) < 4.78 is 7.54. The average Bonchev–Trinajstić information content (AvgIpc) is 2.60. The molecule has 0 aromatic carbocycles. The van der Waals surface area contributed by atoms with Crippen LogP contribution in [0, 0.1) is 0 Å². The minimum Gasteiger partial charge on any atom is -0.458 e. The quantitative estimate of drug-likeness (QED) is 0.670. The Morgan fingerprint density at radius 1 is 1.37 bits per heavy atom. The van der Waals surface area contributed by atoms with Gasteiger partial charge in [-0.1, -0.05) is 19.8 Å². The number of nitrogens with zero attached hydrogens (tertiary/aromatic N) is 1. The zero-order chi connectivity index (χ0) is 13.7. The van der Waals surface area contributed by atoms with Crippen molar-refractivity contribution in [1.82, 2.24) is 4.57 Å². The number of carbonyl (C=O) groups excluding carboxylic acids is 1. The maximum absolute atomic E-state index is 12.2. The summed E-state index contributed by atoms with van der Waals surface area (Å²) in [7, 11) is 0. The molecule has 0 unspecified atom stereocenters. The number of esters is 1. The van der Waals surface area contributed by atoms with Crippen LogP contribution in [0.1, 0.15) is 62.4 Å². The maximum Gasteiger partial charge on any atom is 0.355 e. The highest BCUT2D eigenvalue weighted by Gasteiger charge is 2.20. The van der Waals surface area contributed by atoms with Crippen LogP contribution < -0.4 is 5.73 Å². The monoisotopic (exact) mass is 264 g/mol. The largest absolute Gasteiger partial charge is 0.458 e. The van der Waals surface area contributed by atoms with Gasteiger partial charge in [-0.3, -0.25) is 0 Å². The van der Waals surface area contributed by atoms with Crippen LogP contribution in [0.2, 0.25) is 0 Å². The number of carbonyl (C=O) groups is 1. The van der Waals surface area contributed by atoms with Crippen molar-refractivity contribution in [2.75, 3.05) is 5.73 Å². The molecule has 4 heteroatoms. The normalized spacial score (nSPS) is 17.1. The van der Waals surface area contributed by atoms with E-state index in [1.165, 1.54) is 12.8 Å². The van der Waals surface area contributed by atoms with E-state index in [4.69, 9.17) is 10.5 Å². The van der Waals surface area contributed by atoms with E-state index in [1.54, 1.807) is 6.07 Å². The Kier molecular flexibility index (Phi) is 4.88. The van der Waals surface area contributed by atoms with Crippen molar-refractivity contribution in [3.63, 3.8) is 0 Å². The van der Waals surface area contributed by atoms with E-state index in [9.17, 15) is 4.79 Å². The number of aromatic nitrogens is 1. The third-order valence-corrected chi connectivity index (χ3v) is 3.67. The predicted octanol–water partition coefficient (Wildman–Crippen LogP) is 3.36. The van der Waals surface area contributed by atoms with Gasteiger partial charge in [0, 0.05) is 12.7 Å². The van der Waals surface area contributed by atoms with Gasteiger partial charge in [0.1, 0.15) is 11.8 Å². The van der Waals surface area contributed by atoms with Crippen molar-refractivity contribution < 1.29 is 9.53 Å². The second-order valence-corrected chi connectivity index (χ2v) is 5.37. The molecule has 0 bridgehead atoms. The van der Waals surface area contributed by atoms with Gasteiger partial charge in [0.2, 0.25) is 0 Å². The fraction of sp³-hybridized carbons (Fsp3) is 0.667. The molecule has 1 aliphatic carbocycles. The van der Waals surface area contributed by atoms with Crippen LogP contribution in [0.25, 0.3) is 0 Å². The molecule has 0 radical (unpaired) electrons. The average molecular weight is 264 g/mol. The number of nitrogen functional groups attached to an aromatic ring is 1. The van der Waals surface area contributed by atoms with Crippen molar-refractivity contribution in [3.8, 4) is 0 Å². The predicted molar refractivity (Wildman–Crippen MR) is 76.0 cm³/mol. The summed E-state index contributed by atoms with van der Waals surface area (Å²) in [4.78, 5) is 12.2. The second kappa shape index (κ2) is 6.64. The SMILES string of the molecule is CCCn1cc(N)cc1C(=O)OC1CCCCCC1. The fourth-order valence-electron chi connectivity index (χ4n) is 2.70. The second-order valence-electron chi connectivity index (χ2n) is 5.37. The van der Waals surface area contributed by atoms with Crippen LogP contribution in [-0.4, -0.2) is 16.6 Å². The summed E-state index contributed by atoms with van der Waals surface area (Å²) in [6, 6.07) is 1.72.